The zero-order valence-electron chi connectivity index (χ0n) is 8.61. The molecule has 0 aliphatic rings. The minimum atomic E-state index is 0.767. The first-order chi connectivity index (χ1) is 7.24. The number of rotatable bonds is 4. The molecule has 0 amide bonds. The van der Waals surface area contributed by atoms with Crippen LogP contribution in [0.3, 0.4) is 0 Å². The zero-order chi connectivity index (χ0) is 11.1. The van der Waals surface area contributed by atoms with Crippen LogP contribution in [0.15, 0.2) is 22.7 Å². The molecule has 0 atom stereocenters. The highest BCUT2D eigenvalue weighted by atomic mass is 79.9. The molecule has 0 aliphatic heterocycles. The minimum absolute atomic E-state index is 0.767. The fourth-order valence-electron chi connectivity index (χ4n) is 1.18. The van der Waals surface area contributed by atoms with Crippen LogP contribution in [0, 0.1) is 11.8 Å². The SMILES string of the molecule is CC#CCCNCc1cc(Cl)ccc1Br. The highest BCUT2D eigenvalue weighted by Gasteiger charge is 1.99. The molecular weight excluding hydrogens is 273 g/mol. The predicted molar refractivity (Wildman–Crippen MR) is 68.9 cm³/mol. The Bertz CT molecular complexity index is 379. The van der Waals surface area contributed by atoms with Gasteiger partial charge in [-0.1, -0.05) is 27.5 Å². The maximum absolute atomic E-state index is 5.91. The lowest BCUT2D eigenvalue weighted by atomic mass is 10.2. The summed E-state index contributed by atoms with van der Waals surface area (Å²) in [6.07, 6.45) is 0.884. The molecule has 0 unspecified atom stereocenters. The molecule has 0 aliphatic carbocycles. The van der Waals surface area contributed by atoms with Gasteiger partial charge in [-0.2, -0.15) is 0 Å². The van der Waals surface area contributed by atoms with Crippen LogP contribution >= 0.6 is 27.5 Å². The van der Waals surface area contributed by atoms with Crippen molar-refractivity contribution in [2.45, 2.75) is 19.9 Å². The number of benzene rings is 1. The van der Waals surface area contributed by atoms with Crippen LogP contribution in [-0.4, -0.2) is 6.54 Å². The Morgan fingerprint density at radius 3 is 3.00 bits per heavy atom. The molecule has 0 bridgehead atoms. The first kappa shape index (κ1) is 12.6. The number of nitrogens with one attached hydrogen (secondary N) is 1. The van der Waals surface area contributed by atoms with Crippen molar-refractivity contribution in [1.29, 1.82) is 0 Å². The topological polar surface area (TPSA) is 12.0 Å². The second-order valence-electron chi connectivity index (χ2n) is 3.09. The number of hydrogen-bond donors (Lipinski definition) is 1. The second kappa shape index (κ2) is 6.90. The lowest BCUT2D eigenvalue weighted by Crippen LogP contribution is -2.14. The first-order valence-electron chi connectivity index (χ1n) is 4.78. The summed E-state index contributed by atoms with van der Waals surface area (Å²) in [4.78, 5) is 0. The van der Waals surface area contributed by atoms with Crippen molar-refractivity contribution in [2.75, 3.05) is 6.54 Å². The summed E-state index contributed by atoms with van der Waals surface area (Å²) < 4.78 is 1.08. The monoisotopic (exact) mass is 285 g/mol. The van der Waals surface area contributed by atoms with Gasteiger partial charge in [0.25, 0.3) is 0 Å². The van der Waals surface area contributed by atoms with Gasteiger partial charge >= 0.3 is 0 Å². The first-order valence-corrected chi connectivity index (χ1v) is 5.95. The Morgan fingerprint density at radius 1 is 1.47 bits per heavy atom. The van der Waals surface area contributed by atoms with Crippen LogP contribution < -0.4 is 5.32 Å². The van der Waals surface area contributed by atoms with Crippen LogP contribution in [0.4, 0.5) is 0 Å². The number of halogens is 2. The molecule has 1 rings (SSSR count). The van der Waals surface area contributed by atoms with Crippen molar-refractivity contribution in [3.05, 3.63) is 33.3 Å². The molecule has 0 aromatic heterocycles. The lowest BCUT2D eigenvalue weighted by Gasteiger charge is -2.05. The van der Waals surface area contributed by atoms with Crippen molar-refractivity contribution in [3.8, 4) is 11.8 Å². The van der Waals surface area contributed by atoms with Gasteiger partial charge in [0.2, 0.25) is 0 Å². The van der Waals surface area contributed by atoms with Crippen molar-refractivity contribution in [3.63, 3.8) is 0 Å². The van der Waals surface area contributed by atoms with E-state index in [-0.39, 0.29) is 0 Å². The third kappa shape index (κ3) is 4.70. The van der Waals surface area contributed by atoms with E-state index in [1.165, 1.54) is 5.56 Å². The minimum Gasteiger partial charge on any atom is -0.312 e. The van der Waals surface area contributed by atoms with Gasteiger partial charge in [0.15, 0.2) is 0 Å². The summed E-state index contributed by atoms with van der Waals surface area (Å²) in [6.45, 7) is 3.57. The summed E-state index contributed by atoms with van der Waals surface area (Å²) >= 11 is 9.40. The van der Waals surface area contributed by atoms with Gasteiger partial charge in [-0.15, -0.1) is 11.8 Å². The standard InChI is InChI=1S/C12H13BrClN/c1-2-3-4-7-15-9-10-8-11(14)5-6-12(10)13/h5-6,8,15H,4,7,9H2,1H3. The molecule has 0 spiro atoms. The molecule has 0 heterocycles. The molecule has 0 fully saturated rings. The van der Waals surface area contributed by atoms with Gasteiger partial charge in [-0.05, 0) is 30.7 Å². The fraction of sp³-hybridized carbons (Fsp3) is 0.333. The summed E-state index contributed by atoms with van der Waals surface area (Å²) in [5.41, 5.74) is 1.17. The largest absolute Gasteiger partial charge is 0.312 e. The number of hydrogen-bond acceptors (Lipinski definition) is 1. The molecule has 80 valence electrons. The fourth-order valence-corrected chi connectivity index (χ4v) is 1.76. The van der Waals surface area contributed by atoms with E-state index in [4.69, 9.17) is 11.6 Å². The summed E-state index contributed by atoms with van der Waals surface area (Å²) in [6, 6.07) is 5.80. The highest BCUT2D eigenvalue weighted by molar-refractivity contribution is 9.10. The van der Waals surface area contributed by atoms with E-state index < -0.39 is 0 Å². The van der Waals surface area contributed by atoms with E-state index in [0.29, 0.717) is 0 Å². The Labute approximate surface area is 104 Å². The maximum atomic E-state index is 5.91. The third-order valence-electron chi connectivity index (χ3n) is 1.93. The van der Waals surface area contributed by atoms with Crippen LogP contribution in [0.25, 0.3) is 0 Å². The molecule has 1 N–H and O–H groups in total. The molecule has 1 aromatic carbocycles. The molecule has 1 aromatic rings. The van der Waals surface area contributed by atoms with Crippen molar-refractivity contribution >= 4 is 27.5 Å². The molecule has 3 heteroatoms. The molecule has 0 radical (unpaired) electrons. The Kier molecular flexibility index (Phi) is 5.78. The van der Waals surface area contributed by atoms with E-state index in [0.717, 1.165) is 29.0 Å². The van der Waals surface area contributed by atoms with Crippen molar-refractivity contribution in [2.24, 2.45) is 0 Å². The van der Waals surface area contributed by atoms with Crippen LogP contribution in [0.2, 0.25) is 5.02 Å². The van der Waals surface area contributed by atoms with Gasteiger partial charge in [-0.3, -0.25) is 0 Å². The average Bonchev–Trinajstić information content (AvgIpc) is 2.23. The van der Waals surface area contributed by atoms with E-state index in [1.54, 1.807) is 0 Å². The van der Waals surface area contributed by atoms with E-state index in [2.05, 4.69) is 33.1 Å². The normalized spacial score (nSPS) is 9.53. The Balaban J connectivity index is 2.42. The van der Waals surface area contributed by atoms with Gasteiger partial charge in [-0.25, -0.2) is 0 Å². The van der Waals surface area contributed by atoms with Crippen LogP contribution in [0.1, 0.15) is 18.9 Å². The summed E-state index contributed by atoms with van der Waals surface area (Å²) in [7, 11) is 0. The van der Waals surface area contributed by atoms with E-state index >= 15 is 0 Å². The Hall–Kier alpha value is -0.490. The molecule has 1 nitrogen and oxygen atoms in total. The average molecular weight is 287 g/mol. The summed E-state index contributed by atoms with van der Waals surface area (Å²) in [5.74, 6) is 5.88. The summed E-state index contributed by atoms with van der Waals surface area (Å²) in [5, 5.41) is 4.08. The van der Waals surface area contributed by atoms with Gasteiger partial charge in [0.1, 0.15) is 0 Å². The van der Waals surface area contributed by atoms with Crippen molar-refractivity contribution < 1.29 is 0 Å². The molecule has 0 saturated carbocycles. The van der Waals surface area contributed by atoms with Crippen LogP contribution in [-0.2, 0) is 6.54 Å². The van der Waals surface area contributed by atoms with Crippen LogP contribution in [0.5, 0.6) is 0 Å². The Morgan fingerprint density at radius 2 is 2.27 bits per heavy atom. The predicted octanol–water partition coefficient (Wildman–Crippen LogP) is 3.61. The van der Waals surface area contributed by atoms with E-state index in [1.807, 2.05) is 25.1 Å². The lowest BCUT2D eigenvalue weighted by molar-refractivity contribution is 0.699. The smallest absolute Gasteiger partial charge is 0.0410 e. The van der Waals surface area contributed by atoms with Gasteiger partial charge in [0, 0.05) is 29.0 Å². The molecule has 15 heavy (non-hydrogen) atoms. The quantitative estimate of drug-likeness (QED) is 0.659. The third-order valence-corrected chi connectivity index (χ3v) is 2.94. The molecular formula is C12H13BrClN. The van der Waals surface area contributed by atoms with Gasteiger partial charge < -0.3 is 5.32 Å². The second-order valence-corrected chi connectivity index (χ2v) is 4.38. The maximum Gasteiger partial charge on any atom is 0.0410 e. The van der Waals surface area contributed by atoms with Gasteiger partial charge in [0.05, 0.1) is 0 Å². The van der Waals surface area contributed by atoms with Crippen molar-refractivity contribution in [1.82, 2.24) is 5.32 Å². The highest BCUT2D eigenvalue weighted by Crippen LogP contribution is 2.20. The van der Waals surface area contributed by atoms with E-state index in [9.17, 15) is 0 Å². The molecule has 0 saturated heterocycles. The zero-order valence-corrected chi connectivity index (χ0v) is 11.0.